The monoisotopic (exact) mass is 301 g/mol. The Morgan fingerprint density at radius 3 is 2.57 bits per heavy atom. The molecule has 0 radical (unpaired) electrons. The summed E-state index contributed by atoms with van der Waals surface area (Å²) in [7, 11) is 0. The lowest BCUT2D eigenvalue weighted by Gasteiger charge is -2.13. The fraction of sp³-hybridized carbons (Fsp3) is 0.312. The summed E-state index contributed by atoms with van der Waals surface area (Å²) in [5.74, 6) is 1.81. The molecule has 0 fully saturated rings. The van der Waals surface area contributed by atoms with Gasteiger partial charge in [-0.1, -0.05) is 31.5 Å². The number of nitrogens with zero attached hydrogens (tertiary/aromatic N) is 3. The maximum atomic E-state index is 8.98. The number of hydrogen-bond donors (Lipinski definition) is 0. The summed E-state index contributed by atoms with van der Waals surface area (Å²) in [5.41, 5.74) is 2.15. The van der Waals surface area contributed by atoms with E-state index in [2.05, 4.69) is 16.0 Å². The minimum atomic E-state index is 0.150. The molecular weight excluding hydrogens is 286 g/mol. The summed E-state index contributed by atoms with van der Waals surface area (Å²) in [6.07, 6.45) is 0. The molecule has 1 aromatic heterocycles. The highest BCUT2D eigenvalue weighted by molar-refractivity contribution is 6.30. The van der Waals surface area contributed by atoms with E-state index in [4.69, 9.17) is 21.6 Å². The molecule has 2 aromatic rings. The van der Waals surface area contributed by atoms with Gasteiger partial charge in [0.2, 0.25) is 5.88 Å². The number of benzene rings is 1. The minimum absolute atomic E-state index is 0.150. The predicted molar refractivity (Wildman–Crippen MR) is 81.8 cm³/mol. The molecule has 0 saturated carbocycles. The van der Waals surface area contributed by atoms with Gasteiger partial charge in [0.25, 0.3) is 0 Å². The van der Waals surface area contributed by atoms with Crippen molar-refractivity contribution in [3.05, 3.63) is 45.9 Å². The summed E-state index contributed by atoms with van der Waals surface area (Å²) < 4.78 is 5.87. The second-order valence-electron chi connectivity index (χ2n) is 5.15. The maximum Gasteiger partial charge on any atom is 0.227 e. The van der Waals surface area contributed by atoms with Crippen molar-refractivity contribution in [2.24, 2.45) is 0 Å². The van der Waals surface area contributed by atoms with Gasteiger partial charge in [-0.3, -0.25) is 0 Å². The van der Waals surface area contributed by atoms with Crippen LogP contribution in [0.4, 0.5) is 0 Å². The van der Waals surface area contributed by atoms with Gasteiger partial charge in [0.1, 0.15) is 16.7 Å². The van der Waals surface area contributed by atoms with Crippen LogP contribution < -0.4 is 4.74 Å². The molecule has 0 saturated heterocycles. The van der Waals surface area contributed by atoms with Crippen molar-refractivity contribution in [1.82, 2.24) is 9.97 Å². The van der Waals surface area contributed by atoms with Gasteiger partial charge in [-0.05, 0) is 31.5 Å². The van der Waals surface area contributed by atoms with Crippen molar-refractivity contribution in [3.63, 3.8) is 0 Å². The zero-order chi connectivity index (χ0) is 15.6. The SMILES string of the molecule is Cc1ccc(C#N)cc1Oc1nc(C(C)C)nc(Cl)c1C. The third kappa shape index (κ3) is 3.32. The van der Waals surface area contributed by atoms with Crippen LogP contribution in [0.5, 0.6) is 11.6 Å². The fourth-order valence-corrected chi connectivity index (χ4v) is 1.89. The third-order valence-corrected chi connectivity index (χ3v) is 3.47. The van der Waals surface area contributed by atoms with E-state index in [0.717, 1.165) is 5.56 Å². The molecule has 0 N–H and O–H groups in total. The molecule has 0 spiro atoms. The van der Waals surface area contributed by atoms with Crippen molar-refractivity contribution in [2.75, 3.05) is 0 Å². The van der Waals surface area contributed by atoms with E-state index in [9.17, 15) is 0 Å². The van der Waals surface area contributed by atoms with E-state index in [1.165, 1.54) is 0 Å². The lowest BCUT2D eigenvalue weighted by molar-refractivity contribution is 0.449. The van der Waals surface area contributed by atoms with Gasteiger partial charge in [0.15, 0.2) is 0 Å². The normalized spacial score (nSPS) is 10.5. The van der Waals surface area contributed by atoms with Crippen LogP contribution in [0.2, 0.25) is 5.15 Å². The molecular formula is C16H16ClN3O. The number of halogens is 1. The Morgan fingerprint density at radius 2 is 1.95 bits per heavy atom. The number of ether oxygens (including phenoxy) is 1. The van der Waals surface area contributed by atoms with Gasteiger partial charge in [-0.15, -0.1) is 0 Å². The van der Waals surface area contributed by atoms with Crippen LogP contribution in [0.15, 0.2) is 18.2 Å². The summed E-state index contributed by atoms with van der Waals surface area (Å²) in [5, 5.41) is 9.37. The Labute approximate surface area is 129 Å². The highest BCUT2D eigenvalue weighted by Gasteiger charge is 2.14. The van der Waals surface area contributed by atoms with Crippen molar-refractivity contribution in [3.8, 4) is 17.7 Å². The lowest BCUT2D eigenvalue weighted by Crippen LogP contribution is -2.03. The third-order valence-electron chi connectivity index (χ3n) is 3.10. The van der Waals surface area contributed by atoms with Gasteiger partial charge >= 0.3 is 0 Å². The zero-order valence-corrected chi connectivity index (χ0v) is 13.2. The van der Waals surface area contributed by atoms with Crippen molar-refractivity contribution in [2.45, 2.75) is 33.6 Å². The second kappa shape index (κ2) is 6.11. The average molecular weight is 302 g/mol. The van der Waals surface area contributed by atoms with Gasteiger partial charge in [-0.25, -0.2) is 4.98 Å². The second-order valence-corrected chi connectivity index (χ2v) is 5.51. The Hall–Kier alpha value is -2.12. The summed E-state index contributed by atoms with van der Waals surface area (Å²) in [6.45, 7) is 7.71. The standard InChI is InChI=1S/C16H16ClN3O/c1-9(2)15-19-14(17)11(4)16(20-15)21-13-7-12(8-18)6-5-10(13)3/h5-7,9H,1-4H3. The Balaban J connectivity index is 2.46. The quantitative estimate of drug-likeness (QED) is 0.781. The number of aromatic nitrogens is 2. The molecule has 21 heavy (non-hydrogen) atoms. The van der Waals surface area contributed by atoms with Crippen molar-refractivity contribution in [1.29, 1.82) is 5.26 Å². The number of rotatable bonds is 3. The number of aryl methyl sites for hydroxylation is 1. The Bertz CT molecular complexity index is 720. The van der Waals surface area contributed by atoms with E-state index >= 15 is 0 Å². The zero-order valence-electron chi connectivity index (χ0n) is 12.4. The highest BCUT2D eigenvalue weighted by Crippen LogP contribution is 2.30. The number of nitriles is 1. The van der Waals surface area contributed by atoms with E-state index in [1.807, 2.05) is 33.8 Å². The van der Waals surface area contributed by atoms with Crippen molar-refractivity contribution >= 4 is 11.6 Å². The topological polar surface area (TPSA) is 58.8 Å². The first-order valence-corrected chi connectivity index (χ1v) is 7.02. The summed E-state index contributed by atoms with van der Waals surface area (Å²) >= 11 is 6.14. The van der Waals surface area contributed by atoms with Crippen LogP contribution in [0.3, 0.4) is 0 Å². The summed E-state index contributed by atoms with van der Waals surface area (Å²) in [6, 6.07) is 7.39. The van der Waals surface area contributed by atoms with Crippen LogP contribution in [0, 0.1) is 25.2 Å². The molecule has 0 aliphatic rings. The van der Waals surface area contributed by atoms with Crippen LogP contribution >= 0.6 is 11.6 Å². The molecule has 0 atom stereocenters. The first-order valence-electron chi connectivity index (χ1n) is 6.65. The average Bonchev–Trinajstić information content (AvgIpc) is 2.45. The molecule has 2 rings (SSSR count). The number of hydrogen-bond acceptors (Lipinski definition) is 4. The van der Waals surface area contributed by atoms with Crippen LogP contribution in [0.1, 0.15) is 42.3 Å². The van der Waals surface area contributed by atoms with E-state index < -0.39 is 0 Å². The summed E-state index contributed by atoms with van der Waals surface area (Å²) in [4.78, 5) is 8.68. The molecule has 0 unspecified atom stereocenters. The molecule has 0 bridgehead atoms. The van der Waals surface area contributed by atoms with E-state index in [0.29, 0.717) is 33.7 Å². The molecule has 1 heterocycles. The van der Waals surface area contributed by atoms with E-state index in [-0.39, 0.29) is 5.92 Å². The molecule has 5 heteroatoms. The van der Waals surface area contributed by atoms with Crippen LogP contribution in [-0.4, -0.2) is 9.97 Å². The van der Waals surface area contributed by atoms with Gasteiger partial charge < -0.3 is 4.74 Å². The Kier molecular flexibility index (Phi) is 4.44. The minimum Gasteiger partial charge on any atom is -0.438 e. The molecule has 0 amide bonds. The highest BCUT2D eigenvalue weighted by atomic mass is 35.5. The molecule has 1 aromatic carbocycles. The molecule has 0 aliphatic carbocycles. The lowest BCUT2D eigenvalue weighted by atomic mass is 10.1. The molecule has 108 valence electrons. The van der Waals surface area contributed by atoms with Gasteiger partial charge in [0, 0.05) is 11.5 Å². The first kappa shape index (κ1) is 15.3. The molecule has 4 nitrogen and oxygen atoms in total. The maximum absolute atomic E-state index is 8.98. The Morgan fingerprint density at radius 1 is 1.24 bits per heavy atom. The van der Waals surface area contributed by atoms with Crippen LogP contribution in [0.25, 0.3) is 0 Å². The smallest absolute Gasteiger partial charge is 0.227 e. The largest absolute Gasteiger partial charge is 0.438 e. The van der Waals surface area contributed by atoms with Gasteiger partial charge in [-0.2, -0.15) is 10.2 Å². The first-order chi connectivity index (χ1) is 9.92. The van der Waals surface area contributed by atoms with E-state index in [1.54, 1.807) is 12.1 Å². The predicted octanol–water partition coefficient (Wildman–Crippen LogP) is 4.53. The van der Waals surface area contributed by atoms with Crippen LogP contribution in [-0.2, 0) is 0 Å². The molecule has 0 aliphatic heterocycles. The van der Waals surface area contributed by atoms with Gasteiger partial charge in [0.05, 0.1) is 11.6 Å². The fourth-order valence-electron chi connectivity index (χ4n) is 1.73. The van der Waals surface area contributed by atoms with Crippen molar-refractivity contribution < 1.29 is 4.74 Å².